The van der Waals surface area contributed by atoms with Crippen molar-refractivity contribution in [2.24, 2.45) is 5.92 Å². The lowest BCUT2D eigenvalue weighted by Gasteiger charge is -2.20. The summed E-state index contributed by atoms with van der Waals surface area (Å²) in [7, 11) is -0.538. The van der Waals surface area contributed by atoms with Crippen molar-refractivity contribution >= 4 is 21.4 Å². The van der Waals surface area contributed by atoms with Gasteiger partial charge in [-0.1, -0.05) is 19.9 Å². The molecule has 0 fully saturated rings. The molecule has 2 rings (SSSR count). The topological polar surface area (TPSA) is 62.6 Å². The van der Waals surface area contributed by atoms with E-state index < -0.39 is 10.0 Å². The van der Waals surface area contributed by atoms with Crippen LogP contribution in [0.15, 0.2) is 39.2 Å². The summed E-state index contributed by atoms with van der Waals surface area (Å²) in [6.07, 6.45) is 0. The zero-order valence-electron chi connectivity index (χ0n) is 13.2. The second kappa shape index (κ2) is 6.95. The Labute approximate surface area is 136 Å². The third-order valence-corrected chi connectivity index (χ3v) is 6.03. The lowest BCUT2D eigenvalue weighted by Crippen LogP contribution is -2.24. The molecule has 0 radical (unpaired) electrons. The summed E-state index contributed by atoms with van der Waals surface area (Å²) in [4.78, 5) is 1.27. The molecule has 22 heavy (non-hydrogen) atoms. The molecule has 0 saturated heterocycles. The van der Waals surface area contributed by atoms with Gasteiger partial charge in [0.05, 0.1) is 6.54 Å². The molecule has 1 N–H and O–H groups in total. The largest absolute Gasteiger partial charge is 0.447 e. The second-order valence-corrected chi connectivity index (χ2v) is 8.69. The zero-order chi connectivity index (χ0) is 16.3. The maximum atomic E-state index is 12.0. The molecule has 0 amide bonds. The van der Waals surface area contributed by atoms with E-state index in [1.54, 1.807) is 17.4 Å². The number of sulfonamides is 1. The maximum Gasteiger partial charge on any atom is 0.275 e. The first kappa shape index (κ1) is 17.2. The molecule has 1 atom stereocenters. The fourth-order valence-electron chi connectivity index (χ4n) is 2.12. The monoisotopic (exact) mass is 342 g/mol. The van der Waals surface area contributed by atoms with Gasteiger partial charge in [0.2, 0.25) is 5.09 Å². The van der Waals surface area contributed by atoms with E-state index in [0.717, 1.165) is 4.31 Å². The Morgan fingerprint density at radius 2 is 2.00 bits per heavy atom. The van der Waals surface area contributed by atoms with E-state index in [4.69, 9.17) is 4.42 Å². The summed E-state index contributed by atoms with van der Waals surface area (Å²) in [5.74, 6) is 1.04. The number of nitrogens with zero attached hydrogens (tertiary/aromatic N) is 1. The number of rotatable bonds is 7. The summed E-state index contributed by atoms with van der Waals surface area (Å²) in [5.41, 5.74) is 0. The molecule has 2 aromatic rings. The molecule has 0 aromatic carbocycles. The average molecular weight is 342 g/mol. The quantitative estimate of drug-likeness (QED) is 0.840. The van der Waals surface area contributed by atoms with Crippen LogP contribution in [0.4, 0.5) is 0 Å². The standard InChI is InChI=1S/C15H22N2O3S2/c1-11(2)15(13-6-5-9-21-13)16-10-12-7-8-14(20-12)22(18,19)17(3)4/h5-9,11,15-16H,10H2,1-4H3. The van der Waals surface area contributed by atoms with Gasteiger partial charge in [-0.3, -0.25) is 0 Å². The maximum absolute atomic E-state index is 12.0. The first-order valence-corrected chi connectivity index (χ1v) is 9.42. The summed E-state index contributed by atoms with van der Waals surface area (Å²) in [6, 6.07) is 7.56. The molecular formula is C15H22N2O3S2. The predicted octanol–water partition coefficient (Wildman–Crippen LogP) is 3.08. The molecule has 1 unspecified atom stereocenters. The van der Waals surface area contributed by atoms with Gasteiger partial charge in [-0.15, -0.1) is 11.3 Å². The number of furan rings is 1. The molecule has 5 nitrogen and oxygen atoms in total. The van der Waals surface area contributed by atoms with Gasteiger partial charge >= 0.3 is 0 Å². The smallest absolute Gasteiger partial charge is 0.275 e. The van der Waals surface area contributed by atoms with Gasteiger partial charge in [-0.25, -0.2) is 12.7 Å². The van der Waals surface area contributed by atoms with Crippen LogP contribution in [0.25, 0.3) is 0 Å². The molecule has 0 spiro atoms. The van der Waals surface area contributed by atoms with Crippen molar-refractivity contribution < 1.29 is 12.8 Å². The van der Waals surface area contributed by atoms with Crippen LogP contribution in [0.3, 0.4) is 0 Å². The molecule has 0 aliphatic heterocycles. The predicted molar refractivity (Wildman–Crippen MR) is 88.3 cm³/mol. The highest BCUT2D eigenvalue weighted by atomic mass is 32.2. The second-order valence-electron chi connectivity index (χ2n) is 5.63. The number of thiophene rings is 1. The number of nitrogens with one attached hydrogen (secondary N) is 1. The van der Waals surface area contributed by atoms with Crippen LogP contribution in [0.1, 0.15) is 30.5 Å². The lowest BCUT2D eigenvalue weighted by molar-refractivity contribution is 0.357. The average Bonchev–Trinajstić information content (AvgIpc) is 3.09. The van der Waals surface area contributed by atoms with Crippen molar-refractivity contribution in [3.63, 3.8) is 0 Å². The molecule has 0 saturated carbocycles. The van der Waals surface area contributed by atoms with Crippen LogP contribution in [-0.2, 0) is 16.6 Å². The summed E-state index contributed by atoms with van der Waals surface area (Å²) in [6.45, 7) is 4.80. The van der Waals surface area contributed by atoms with Crippen molar-refractivity contribution in [2.75, 3.05) is 14.1 Å². The van der Waals surface area contributed by atoms with E-state index in [9.17, 15) is 8.42 Å². The molecule has 0 aliphatic carbocycles. The van der Waals surface area contributed by atoms with Crippen molar-refractivity contribution in [3.05, 3.63) is 40.3 Å². The highest BCUT2D eigenvalue weighted by molar-refractivity contribution is 7.88. The Kier molecular flexibility index (Phi) is 5.44. The Morgan fingerprint density at radius 1 is 1.27 bits per heavy atom. The van der Waals surface area contributed by atoms with E-state index in [1.807, 2.05) is 6.07 Å². The van der Waals surface area contributed by atoms with Gasteiger partial charge in [0.25, 0.3) is 10.0 Å². The van der Waals surface area contributed by atoms with Gasteiger partial charge in [0.15, 0.2) is 0 Å². The van der Waals surface area contributed by atoms with Crippen molar-refractivity contribution in [1.29, 1.82) is 0 Å². The van der Waals surface area contributed by atoms with E-state index in [2.05, 4.69) is 30.6 Å². The first-order chi connectivity index (χ1) is 10.3. The summed E-state index contributed by atoms with van der Waals surface area (Å²) in [5, 5.41) is 5.47. The first-order valence-electron chi connectivity index (χ1n) is 7.10. The lowest BCUT2D eigenvalue weighted by atomic mass is 10.0. The Hall–Kier alpha value is -1.15. The number of hydrogen-bond acceptors (Lipinski definition) is 5. The van der Waals surface area contributed by atoms with Gasteiger partial charge in [-0.2, -0.15) is 0 Å². The molecule has 7 heteroatoms. The Morgan fingerprint density at radius 3 is 2.55 bits per heavy atom. The van der Waals surface area contributed by atoms with Gasteiger partial charge in [-0.05, 0) is 29.5 Å². The van der Waals surface area contributed by atoms with Crippen LogP contribution in [0, 0.1) is 5.92 Å². The van der Waals surface area contributed by atoms with E-state index in [1.165, 1.54) is 25.0 Å². The van der Waals surface area contributed by atoms with E-state index in [0.29, 0.717) is 18.2 Å². The summed E-state index contributed by atoms with van der Waals surface area (Å²) < 4.78 is 30.6. The third-order valence-electron chi connectivity index (χ3n) is 3.38. The molecule has 122 valence electrons. The molecular weight excluding hydrogens is 320 g/mol. The van der Waals surface area contributed by atoms with Crippen molar-refractivity contribution in [2.45, 2.75) is 31.5 Å². The van der Waals surface area contributed by atoms with Crippen LogP contribution in [0.2, 0.25) is 0 Å². The van der Waals surface area contributed by atoms with Crippen LogP contribution >= 0.6 is 11.3 Å². The highest BCUT2D eigenvalue weighted by Crippen LogP contribution is 2.26. The Bertz CT molecular complexity index is 688. The molecule has 0 aliphatic rings. The number of hydrogen-bond donors (Lipinski definition) is 1. The van der Waals surface area contributed by atoms with Crippen LogP contribution < -0.4 is 5.32 Å². The fraction of sp³-hybridized carbons (Fsp3) is 0.467. The normalized spacial score (nSPS) is 13.9. The third kappa shape index (κ3) is 3.78. The molecule has 2 aromatic heterocycles. The molecule has 2 heterocycles. The van der Waals surface area contributed by atoms with E-state index >= 15 is 0 Å². The molecule has 0 bridgehead atoms. The SMILES string of the molecule is CC(C)C(NCc1ccc(S(=O)(=O)N(C)C)o1)c1cccs1. The van der Waals surface area contributed by atoms with Crippen LogP contribution in [0.5, 0.6) is 0 Å². The van der Waals surface area contributed by atoms with Crippen LogP contribution in [-0.4, -0.2) is 26.8 Å². The minimum absolute atomic E-state index is 0.0217. The van der Waals surface area contributed by atoms with Gasteiger partial charge < -0.3 is 9.73 Å². The van der Waals surface area contributed by atoms with Gasteiger partial charge in [0, 0.05) is 25.0 Å². The van der Waals surface area contributed by atoms with E-state index in [-0.39, 0.29) is 11.1 Å². The van der Waals surface area contributed by atoms with Gasteiger partial charge in [0.1, 0.15) is 5.76 Å². The zero-order valence-corrected chi connectivity index (χ0v) is 14.9. The van der Waals surface area contributed by atoms with Crippen molar-refractivity contribution in [3.8, 4) is 0 Å². The minimum atomic E-state index is -3.51. The minimum Gasteiger partial charge on any atom is -0.447 e. The Balaban J connectivity index is 2.07. The van der Waals surface area contributed by atoms with Crippen molar-refractivity contribution in [1.82, 2.24) is 9.62 Å². The highest BCUT2D eigenvalue weighted by Gasteiger charge is 2.22. The summed E-state index contributed by atoms with van der Waals surface area (Å²) >= 11 is 1.71. The fourth-order valence-corrected chi connectivity index (χ4v) is 3.90.